The molecule has 0 bridgehead atoms. The number of anilines is 1. The summed E-state index contributed by atoms with van der Waals surface area (Å²) in [5.41, 5.74) is 4.06. The van der Waals surface area contributed by atoms with Crippen LogP contribution in [0.3, 0.4) is 0 Å². The van der Waals surface area contributed by atoms with Gasteiger partial charge in [0.1, 0.15) is 11.6 Å². The molecule has 0 saturated carbocycles. The maximum Gasteiger partial charge on any atom is 0.259 e. The molecule has 4 rings (SSSR count). The Morgan fingerprint density at radius 3 is 2.70 bits per heavy atom. The van der Waals surface area contributed by atoms with Crippen LogP contribution in [0, 0.1) is 19.7 Å². The Morgan fingerprint density at radius 2 is 2.00 bits per heavy atom. The van der Waals surface area contributed by atoms with Crippen LogP contribution in [0.5, 0.6) is 0 Å². The van der Waals surface area contributed by atoms with Crippen LogP contribution in [0.4, 0.5) is 10.2 Å². The number of pyridine rings is 1. The first-order valence-corrected chi connectivity index (χ1v) is 8.41. The average molecular weight is 364 g/mol. The van der Waals surface area contributed by atoms with Crippen molar-refractivity contribution in [3.05, 3.63) is 65.4 Å². The Morgan fingerprint density at radius 1 is 1.15 bits per heavy atom. The van der Waals surface area contributed by atoms with E-state index in [1.165, 1.54) is 6.07 Å². The number of aryl methyl sites for hydroxylation is 2. The highest BCUT2D eigenvalue weighted by molar-refractivity contribution is 5.60. The number of nitrogens with zero attached hydrogens (tertiary/aromatic N) is 4. The molecule has 7 nitrogen and oxygen atoms in total. The molecule has 0 aliphatic carbocycles. The molecule has 3 aromatic heterocycles. The van der Waals surface area contributed by atoms with E-state index in [1.807, 2.05) is 26.0 Å². The highest BCUT2D eigenvalue weighted by atomic mass is 19.1. The van der Waals surface area contributed by atoms with Crippen LogP contribution in [0.25, 0.3) is 22.8 Å². The quantitative estimate of drug-likeness (QED) is 0.558. The van der Waals surface area contributed by atoms with Crippen LogP contribution in [0.1, 0.15) is 17.0 Å². The Balaban J connectivity index is 1.49. The molecule has 2 N–H and O–H groups in total. The summed E-state index contributed by atoms with van der Waals surface area (Å²) in [5.74, 6) is 0.810. The highest BCUT2D eigenvalue weighted by Gasteiger charge is 2.14. The van der Waals surface area contributed by atoms with Gasteiger partial charge in [-0.3, -0.25) is 5.10 Å². The number of halogens is 1. The Kier molecular flexibility index (Phi) is 4.37. The molecule has 136 valence electrons. The first-order valence-electron chi connectivity index (χ1n) is 8.41. The van der Waals surface area contributed by atoms with Crippen molar-refractivity contribution in [2.75, 3.05) is 5.32 Å². The molecule has 3 heterocycles. The van der Waals surface area contributed by atoms with E-state index in [4.69, 9.17) is 4.52 Å². The molecular formula is C19H17FN6O. The van der Waals surface area contributed by atoms with Crippen LogP contribution in [-0.4, -0.2) is 25.3 Å². The van der Waals surface area contributed by atoms with Crippen molar-refractivity contribution in [2.24, 2.45) is 0 Å². The molecule has 0 aliphatic heterocycles. The zero-order chi connectivity index (χ0) is 18.8. The van der Waals surface area contributed by atoms with E-state index < -0.39 is 5.82 Å². The lowest BCUT2D eigenvalue weighted by molar-refractivity contribution is 0.431. The first kappa shape index (κ1) is 16.9. The number of hydrogen-bond donors (Lipinski definition) is 2. The van der Waals surface area contributed by atoms with Gasteiger partial charge in [0.2, 0.25) is 5.82 Å². The Hall–Kier alpha value is -3.55. The second-order valence-corrected chi connectivity index (χ2v) is 6.10. The van der Waals surface area contributed by atoms with Crippen molar-refractivity contribution in [1.29, 1.82) is 0 Å². The maximum atomic E-state index is 13.8. The van der Waals surface area contributed by atoms with Gasteiger partial charge in [-0.05, 0) is 38.1 Å². The Labute approximate surface area is 154 Å². The van der Waals surface area contributed by atoms with Crippen LogP contribution in [0.2, 0.25) is 0 Å². The summed E-state index contributed by atoms with van der Waals surface area (Å²) in [6.07, 6.45) is 1.63. The van der Waals surface area contributed by atoms with E-state index in [0.29, 0.717) is 23.5 Å². The van der Waals surface area contributed by atoms with Crippen molar-refractivity contribution >= 4 is 5.82 Å². The predicted octanol–water partition coefficient (Wildman–Crippen LogP) is 3.89. The number of hydrogen-bond acceptors (Lipinski definition) is 6. The van der Waals surface area contributed by atoms with E-state index in [1.54, 1.807) is 24.4 Å². The SMILES string of the molecule is Cc1n[nH]c(C)c1CNc1ccc(-c2nc(-c3ccccc3F)no2)cn1. The van der Waals surface area contributed by atoms with Crippen molar-refractivity contribution in [2.45, 2.75) is 20.4 Å². The van der Waals surface area contributed by atoms with Gasteiger partial charge < -0.3 is 9.84 Å². The molecule has 1 aromatic carbocycles. The van der Waals surface area contributed by atoms with Crippen LogP contribution < -0.4 is 5.32 Å². The molecule has 27 heavy (non-hydrogen) atoms. The summed E-state index contributed by atoms with van der Waals surface area (Å²) in [5, 5.41) is 14.2. The van der Waals surface area contributed by atoms with Crippen molar-refractivity contribution in [3.63, 3.8) is 0 Å². The van der Waals surface area contributed by atoms with Crippen LogP contribution in [0.15, 0.2) is 47.1 Å². The summed E-state index contributed by atoms with van der Waals surface area (Å²) < 4.78 is 19.1. The topological polar surface area (TPSA) is 92.5 Å². The van der Waals surface area contributed by atoms with Gasteiger partial charge in [0.15, 0.2) is 0 Å². The van der Waals surface area contributed by atoms with E-state index >= 15 is 0 Å². The number of nitrogens with one attached hydrogen (secondary N) is 2. The monoisotopic (exact) mass is 364 g/mol. The van der Waals surface area contributed by atoms with E-state index in [2.05, 4.69) is 30.6 Å². The molecule has 0 aliphatic rings. The summed E-state index contributed by atoms with van der Waals surface area (Å²) in [6, 6.07) is 9.95. The summed E-state index contributed by atoms with van der Waals surface area (Å²) in [7, 11) is 0. The minimum atomic E-state index is -0.396. The van der Waals surface area contributed by atoms with Gasteiger partial charge >= 0.3 is 0 Å². The van der Waals surface area contributed by atoms with Crippen molar-refractivity contribution < 1.29 is 8.91 Å². The van der Waals surface area contributed by atoms with Gasteiger partial charge in [-0.25, -0.2) is 9.37 Å². The third-order valence-electron chi connectivity index (χ3n) is 4.28. The smallest absolute Gasteiger partial charge is 0.259 e. The van der Waals surface area contributed by atoms with Gasteiger partial charge in [-0.15, -0.1) is 0 Å². The summed E-state index contributed by atoms with van der Waals surface area (Å²) in [6.45, 7) is 4.56. The first-order chi connectivity index (χ1) is 13.1. The van der Waals surface area contributed by atoms with E-state index in [0.717, 1.165) is 17.0 Å². The Bertz CT molecular complexity index is 1050. The molecule has 0 fully saturated rings. The third kappa shape index (κ3) is 3.41. The zero-order valence-electron chi connectivity index (χ0n) is 14.8. The molecule has 0 spiro atoms. The predicted molar refractivity (Wildman–Crippen MR) is 98.3 cm³/mol. The largest absolute Gasteiger partial charge is 0.366 e. The molecule has 0 amide bonds. The van der Waals surface area contributed by atoms with Gasteiger partial charge in [-0.1, -0.05) is 17.3 Å². The molecular weight excluding hydrogens is 347 g/mol. The van der Waals surface area contributed by atoms with Crippen molar-refractivity contribution in [1.82, 2.24) is 25.3 Å². The average Bonchev–Trinajstić information content (AvgIpc) is 3.28. The van der Waals surface area contributed by atoms with E-state index in [9.17, 15) is 4.39 Å². The zero-order valence-corrected chi connectivity index (χ0v) is 14.8. The normalized spacial score (nSPS) is 10.9. The lowest BCUT2D eigenvalue weighted by atomic mass is 10.2. The fourth-order valence-electron chi connectivity index (χ4n) is 2.73. The fraction of sp³-hybridized carbons (Fsp3) is 0.158. The van der Waals surface area contributed by atoms with Gasteiger partial charge in [-0.2, -0.15) is 10.1 Å². The fourth-order valence-corrected chi connectivity index (χ4v) is 2.73. The standard InChI is InChI=1S/C19H17FN6O/c1-11-15(12(2)25-24-11)10-22-17-8-7-13(9-21-17)19-23-18(26-27-19)14-5-3-4-6-16(14)20/h3-9H,10H2,1-2H3,(H,21,22)(H,24,25). The lowest BCUT2D eigenvalue weighted by Gasteiger charge is -2.06. The molecule has 0 atom stereocenters. The number of rotatable bonds is 5. The summed E-state index contributed by atoms with van der Waals surface area (Å²) in [4.78, 5) is 8.63. The molecule has 0 radical (unpaired) electrons. The highest BCUT2D eigenvalue weighted by Crippen LogP contribution is 2.24. The van der Waals surface area contributed by atoms with Crippen LogP contribution in [-0.2, 0) is 6.54 Å². The second kappa shape index (κ2) is 6.99. The van der Waals surface area contributed by atoms with E-state index in [-0.39, 0.29) is 11.7 Å². The number of aromatic nitrogens is 5. The molecule has 8 heteroatoms. The maximum absolute atomic E-state index is 13.8. The third-order valence-corrected chi connectivity index (χ3v) is 4.28. The molecule has 0 unspecified atom stereocenters. The van der Waals surface area contributed by atoms with Crippen molar-refractivity contribution in [3.8, 4) is 22.8 Å². The molecule has 0 saturated heterocycles. The van der Waals surface area contributed by atoms with Gasteiger partial charge in [0, 0.05) is 24.0 Å². The molecule has 4 aromatic rings. The second-order valence-electron chi connectivity index (χ2n) is 6.10. The minimum absolute atomic E-state index is 0.205. The lowest BCUT2D eigenvalue weighted by Crippen LogP contribution is -2.03. The summed E-state index contributed by atoms with van der Waals surface area (Å²) >= 11 is 0. The van der Waals surface area contributed by atoms with Gasteiger partial charge in [0.05, 0.1) is 16.8 Å². The van der Waals surface area contributed by atoms with Crippen LogP contribution >= 0.6 is 0 Å². The number of benzene rings is 1. The number of H-pyrrole nitrogens is 1. The minimum Gasteiger partial charge on any atom is -0.366 e. The van der Waals surface area contributed by atoms with Gasteiger partial charge in [0.25, 0.3) is 5.89 Å². The number of aromatic amines is 1.